The Kier molecular flexibility index (Phi) is 5.37. The number of benzene rings is 1. The summed E-state index contributed by atoms with van der Waals surface area (Å²) in [4.78, 5) is 27.8. The van der Waals surface area contributed by atoms with E-state index in [1.165, 1.54) is 35.1 Å². The third-order valence-electron chi connectivity index (χ3n) is 4.75. The highest BCUT2D eigenvalue weighted by Crippen LogP contribution is 2.14. The van der Waals surface area contributed by atoms with E-state index in [0.29, 0.717) is 18.7 Å². The Morgan fingerprint density at radius 2 is 1.96 bits per heavy atom. The van der Waals surface area contributed by atoms with Crippen LogP contribution in [-0.4, -0.2) is 62.7 Å². The van der Waals surface area contributed by atoms with Crippen molar-refractivity contribution in [1.82, 2.24) is 19.6 Å². The Balaban J connectivity index is 1.56. The number of carboxylic acids is 1. The second kappa shape index (κ2) is 7.70. The second-order valence-corrected chi connectivity index (χ2v) is 6.78. The van der Waals surface area contributed by atoms with Gasteiger partial charge in [0.2, 0.25) is 0 Å². The molecule has 0 aliphatic carbocycles. The summed E-state index contributed by atoms with van der Waals surface area (Å²) < 4.78 is 1.31. The summed E-state index contributed by atoms with van der Waals surface area (Å²) in [5.41, 5.74) is 2.97. The van der Waals surface area contributed by atoms with Crippen LogP contribution in [0.15, 0.2) is 36.7 Å². The molecule has 1 N–H and O–H groups in total. The molecule has 0 radical (unpaired) electrons. The highest BCUT2D eigenvalue weighted by Gasteiger charge is 2.24. The molecule has 0 spiro atoms. The van der Waals surface area contributed by atoms with E-state index in [1.807, 2.05) is 0 Å². The average molecular weight is 356 g/mol. The number of aliphatic carboxylic acids is 1. The maximum Gasteiger partial charge on any atom is 0.328 e. The Morgan fingerprint density at radius 3 is 2.62 bits per heavy atom. The second-order valence-electron chi connectivity index (χ2n) is 6.78. The number of rotatable bonds is 5. The number of aromatic nitrogens is 2. The van der Waals surface area contributed by atoms with Gasteiger partial charge in [0.1, 0.15) is 6.04 Å². The van der Waals surface area contributed by atoms with Gasteiger partial charge in [-0.15, -0.1) is 0 Å². The molecule has 2 heterocycles. The maximum absolute atomic E-state index is 12.6. The van der Waals surface area contributed by atoms with Crippen molar-refractivity contribution >= 4 is 11.9 Å². The van der Waals surface area contributed by atoms with Crippen molar-refractivity contribution in [1.29, 1.82) is 0 Å². The van der Waals surface area contributed by atoms with E-state index in [4.69, 9.17) is 5.11 Å². The first-order valence-electron chi connectivity index (χ1n) is 8.78. The predicted molar refractivity (Wildman–Crippen MR) is 96.9 cm³/mol. The van der Waals surface area contributed by atoms with Crippen LogP contribution >= 0.6 is 0 Å². The lowest BCUT2D eigenvalue weighted by Gasteiger charge is -2.34. The lowest BCUT2D eigenvalue weighted by Crippen LogP contribution is -2.48. The highest BCUT2D eigenvalue weighted by atomic mass is 16.4. The molecule has 1 saturated heterocycles. The maximum atomic E-state index is 12.6. The smallest absolute Gasteiger partial charge is 0.328 e. The predicted octanol–water partition coefficient (Wildman–Crippen LogP) is 1.80. The van der Waals surface area contributed by atoms with E-state index in [0.717, 1.165) is 19.6 Å². The molecule has 0 saturated carbocycles. The van der Waals surface area contributed by atoms with Gasteiger partial charge < -0.3 is 10.0 Å². The molecule has 138 valence electrons. The number of carboxylic acid groups (broad SMARTS) is 1. The van der Waals surface area contributed by atoms with Gasteiger partial charge in [0.25, 0.3) is 5.91 Å². The van der Waals surface area contributed by atoms with Crippen LogP contribution in [0.25, 0.3) is 0 Å². The van der Waals surface area contributed by atoms with Gasteiger partial charge in [-0.05, 0) is 19.4 Å². The molecule has 2 aromatic rings. The summed E-state index contributed by atoms with van der Waals surface area (Å²) in [6, 6.07) is 7.69. The Morgan fingerprint density at radius 1 is 1.23 bits per heavy atom. The molecule has 26 heavy (non-hydrogen) atoms. The summed E-state index contributed by atoms with van der Waals surface area (Å²) >= 11 is 0. The monoisotopic (exact) mass is 356 g/mol. The van der Waals surface area contributed by atoms with Gasteiger partial charge in [-0.2, -0.15) is 5.10 Å². The topological polar surface area (TPSA) is 78.7 Å². The summed E-state index contributed by atoms with van der Waals surface area (Å²) in [6.07, 6.45) is 2.96. The van der Waals surface area contributed by atoms with E-state index < -0.39 is 12.0 Å². The van der Waals surface area contributed by atoms with Gasteiger partial charge in [0.15, 0.2) is 0 Å². The number of piperazine rings is 1. The van der Waals surface area contributed by atoms with E-state index in [1.54, 1.807) is 4.90 Å². The van der Waals surface area contributed by atoms with Crippen molar-refractivity contribution in [2.45, 2.75) is 26.4 Å². The van der Waals surface area contributed by atoms with E-state index in [-0.39, 0.29) is 5.91 Å². The van der Waals surface area contributed by atoms with Gasteiger partial charge in [0.05, 0.1) is 11.8 Å². The average Bonchev–Trinajstić information content (AvgIpc) is 3.11. The first kappa shape index (κ1) is 18.1. The molecule has 3 rings (SSSR count). The van der Waals surface area contributed by atoms with Crippen molar-refractivity contribution in [3.05, 3.63) is 53.3 Å². The lowest BCUT2D eigenvalue weighted by atomic mass is 10.1. The van der Waals surface area contributed by atoms with Gasteiger partial charge in [-0.1, -0.05) is 29.8 Å². The summed E-state index contributed by atoms with van der Waals surface area (Å²) in [5, 5.41) is 13.0. The molecule has 7 heteroatoms. The molecule has 7 nitrogen and oxygen atoms in total. The summed E-state index contributed by atoms with van der Waals surface area (Å²) in [6.45, 7) is 7.46. The molecule has 1 unspecified atom stereocenters. The Bertz CT molecular complexity index is 794. The number of carbonyl (C=O) groups excluding carboxylic acids is 1. The van der Waals surface area contributed by atoms with E-state index >= 15 is 0 Å². The number of nitrogens with zero attached hydrogens (tertiary/aromatic N) is 4. The summed E-state index contributed by atoms with van der Waals surface area (Å²) in [5.74, 6) is -1.07. The molecule has 1 fully saturated rings. The van der Waals surface area contributed by atoms with Crippen LogP contribution < -0.4 is 0 Å². The normalized spacial score (nSPS) is 16.5. The SMILES string of the molecule is Cc1cccc(CN2CCN(C(=O)c3cnn(C(C)C(=O)O)c3)CC2)c1. The van der Waals surface area contributed by atoms with Crippen LogP contribution in [-0.2, 0) is 11.3 Å². The number of carbonyl (C=O) groups is 2. The molecule has 1 atom stereocenters. The molecule has 1 amide bonds. The largest absolute Gasteiger partial charge is 0.480 e. The van der Waals surface area contributed by atoms with Crippen molar-refractivity contribution in [2.75, 3.05) is 26.2 Å². The first-order valence-corrected chi connectivity index (χ1v) is 8.78. The van der Waals surface area contributed by atoms with Crippen molar-refractivity contribution < 1.29 is 14.7 Å². The third-order valence-corrected chi connectivity index (χ3v) is 4.75. The van der Waals surface area contributed by atoms with Gasteiger partial charge >= 0.3 is 5.97 Å². The Labute approximate surface area is 152 Å². The molecule has 1 aliphatic rings. The summed E-state index contributed by atoms with van der Waals surface area (Å²) in [7, 11) is 0. The standard InChI is InChI=1S/C19H24N4O3/c1-14-4-3-5-16(10-14)12-21-6-8-22(9-7-21)18(24)17-11-20-23(13-17)15(2)19(25)26/h3-5,10-11,13,15H,6-9,12H2,1-2H3,(H,25,26). The third kappa shape index (κ3) is 4.11. The van der Waals surface area contributed by atoms with E-state index in [2.05, 4.69) is 41.2 Å². The van der Waals surface area contributed by atoms with Crippen LogP contribution in [0.3, 0.4) is 0 Å². The van der Waals surface area contributed by atoms with Gasteiger partial charge in [0, 0.05) is 38.9 Å². The number of aryl methyl sites for hydroxylation is 1. The fraction of sp³-hybridized carbons (Fsp3) is 0.421. The molecule has 1 aromatic heterocycles. The lowest BCUT2D eigenvalue weighted by molar-refractivity contribution is -0.140. The van der Waals surface area contributed by atoms with Crippen LogP contribution in [0.2, 0.25) is 0 Å². The molecule has 1 aliphatic heterocycles. The van der Waals surface area contributed by atoms with Gasteiger partial charge in [-0.25, -0.2) is 4.79 Å². The fourth-order valence-corrected chi connectivity index (χ4v) is 3.13. The molecule has 0 bridgehead atoms. The number of hydrogen-bond acceptors (Lipinski definition) is 4. The zero-order valence-electron chi connectivity index (χ0n) is 15.1. The van der Waals surface area contributed by atoms with Crippen LogP contribution in [0.5, 0.6) is 0 Å². The quantitative estimate of drug-likeness (QED) is 0.884. The van der Waals surface area contributed by atoms with Crippen molar-refractivity contribution in [2.24, 2.45) is 0 Å². The minimum Gasteiger partial charge on any atom is -0.480 e. The zero-order chi connectivity index (χ0) is 18.7. The molecular formula is C19H24N4O3. The molecule has 1 aromatic carbocycles. The van der Waals surface area contributed by atoms with Crippen LogP contribution in [0.1, 0.15) is 34.5 Å². The highest BCUT2D eigenvalue weighted by molar-refractivity contribution is 5.93. The first-order chi connectivity index (χ1) is 12.4. The van der Waals surface area contributed by atoms with Crippen LogP contribution in [0.4, 0.5) is 0 Å². The van der Waals surface area contributed by atoms with E-state index in [9.17, 15) is 9.59 Å². The fourth-order valence-electron chi connectivity index (χ4n) is 3.13. The van der Waals surface area contributed by atoms with Gasteiger partial charge in [-0.3, -0.25) is 14.4 Å². The molecular weight excluding hydrogens is 332 g/mol. The number of amides is 1. The van der Waals surface area contributed by atoms with Crippen LogP contribution in [0, 0.1) is 6.92 Å². The number of hydrogen-bond donors (Lipinski definition) is 1. The van der Waals surface area contributed by atoms with Crippen molar-refractivity contribution in [3.63, 3.8) is 0 Å². The zero-order valence-corrected chi connectivity index (χ0v) is 15.1. The Hall–Kier alpha value is -2.67. The minimum absolute atomic E-state index is 0.0935. The van der Waals surface area contributed by atoms with Crippen molar-refractivity contribution in [3.8, 4) is 0 Å². The minimum atomic E-state index is -0.975.